The molecule has 1 saturated heterocycles. The van der Waals surface area contributed by atoms with Crippen molar-refractivity contribution in [1.29, 1.82) is 0 Å². The first kappa shape index (κ1) is 16.8. The average molecular weight is 332 g/mol. The molecule has 1 aliphatic rings. The van der Waals surface area contributed by atoms with Crippen molar-refractivity contribution in [1.82, 2.24) is 19.8 Å². The van der Waals surface area contributed by atoms with Crippen molar-refractivity contribution in [3.8, 4) is 0 Å². The van der Waals surface area contributed by atoms with Crippen molar-refractivity contribution < 1.29 is 8.42 Å². The lowest BCUT2D eigenvalue weighted by molar-refractivity contribution is 0.393. The van der Waals surface area contributed by atoms with Crippen LogP contribution in [0.4, 0.5) is 0 Å². The zero-order valence-corrected chi connectivity index (χ0v) is 14.6. The fraction of sp³-hybridized carbons (Fsp3) is 0.769. The van der Waals surface area contributed by atoms with E-state index >= 15 is 0 Å². The summed E-state index contributed by atoms with van der Waals surface area (Å²) in [6.07, 6.45) is 0.914. The summed E-state index contributed by atoms with van der Waals surface area (Å²) >= 11 is 1.80. The Kier molecular flexibility index (Phi) is 5.34. The third kappa shape index (κ3) is 3.61. The predicted molar refractivity (Wildman–Crippen MR) is 86.0 cm³/mol. The molecule has 2 N–H and O–H groups in total. The molecule has 1 aromatic rings. The summed E-state index contributed by atoms with van der Waals surface area (Å²) in [5.41, 5.74) is 1.17. The number of aryl methyl sites for hydroxylation is 1. The van der Waals surface area contributed by atoms with Crippen molar-refractivity contribution >= 4 is 21.8 Å². The summed E-state index contributed by atoms with van der Waals surface area (Å²) in [6, 6.07) is 0.363. The summed E-state index contributed by atoms with van der Waals surface area (Å²) in [5.74, 6) is 1.89. The lowest BCUT2D eigenvalue weighted by Crippen LogP contribution is -2.37. The van der Waals surface area contributed by atoms with Crippen LogP contribution in [0.15, 0.2) is 4.90 Å². The Morgan fingerprint density at radius 1 is 1.52 bits per heavy atom. The Hall–Kier alpha value is -0.570. The van der Waals surface area contributed by atoms with Crippen LogP contribution in [0.25, 0.3) is 0 Å². The molecule has 2 rings (SSSR count). The second-order valence-corrected chi connectivity index (χ2v) is 8.78. The molecule has 0 saturated carbocycles. The molecule has 1 atom stereocenters. The lowest BCUT2D eigenvalue weighted by atomic mass is 10.3. The van der Waals surface area contributed by atoms with E-state index in [1.54, 1.807) is 25.7 Å². The number of aromatic amines is 1. The normalized spacial score (nSPS) is 19.8. The van der Waals surface area contributed by atoms with E-state index in [2.05, 4.69) is 15.5 Å². The number of hydrogen-bond donors (Lipinski definition) is 2. The van der Waals surface area contributed by atoms with Crippen molar-refractivity contribution in [3.63, 3.8) is 0 Å². The number of hydrogen-bond acceptors (Lipinski definition) is 5. The zero-order valence-electron chi connectivity index (χ0n) is 13.0. The Morgan fingerprint density at radius 3 is 2.81 bits per heavy atom. The predicted octanol–water partition coefficient (Wildman–Crippen LogP) is 1.34. The molecule has 8 heteroatoms. The topological polar surface area (TPSA) is 78.1 Å². The summed E-state index contributed by atoms with van der Waals surface area (Å²) in [5, 5.41) is 10.2. The minimum atomic E-state index is -3.50. The van der Waals surface area contributed by atoms with Gasteiger partial charge in [0.15, 0.2) is 0 Å². The van der Waals surface area contributed by atoms with Gasteiger partial charge in [-0.25, -0.2) is 8.42 Å². The molecule has 21 heavy (non-hydrogen) atoms. The molecular weight excluding hydrogens is 308 g/mol. The minimum absolute atomic E-state index is 0.0835. The number of sulfonamides is 1. The van der Waals surface area contributed by atoms with Crippen LogP contribution in [0.3, 0.4) is 0 Å². The van der Waals surface area contributed by atoms with Gasteiger partial charge in [-0.15, -0.1) is 0 Å². The number of H-pyrrole nitrogens is 1. The number of nitrogens with zero attached hydrogens (tertiary/aromatic N) is 2. The molecule has 2 heterocycles. The second-order valence-electron chi connectivity index (χ2n) is 5.70. The molecule has 0 amide bonds. The van der Waals surface area contributed by atoms with Gasteiger partial charge in [0.25, 0.3) is 0 Å². The van der Waals surface area contributed by atoms with Crippen molar-refractivity contribution in [3.05, 3.63) is 11.4 Å². The van der Waals surface area contributed by atoms with Crippen LogP contribution >= 0.6 is 11.8 Å². The van der Waals surface area contributed by atoms with Gasteiger partial charge in [-0.3, -0.25) is 5.10 Å². The van der Waals surface area contributed by atoms with Crippen LogP contribution in [0.1, 0.15) is 31.7 Å². The number of rotatable bonds is 6. The van der Waals surface area contributed by atoms with Crippen LogP contribution in [0.5, 0.6) is 0 Å². The molecule has 0 aliphatic carbocycles. The highest BCUT2D eigenvalue weighted by Gasteiger charge is 2.34. The van der Waals surface area contributed by atoms with E-state index in [1.807, 2.05) is 13.8 Å². The highest BCUT2D eigenvalue weighted by Crippen LogP contribution is 2.28. The second kappa shape index (κ2) is 6.68. The van der Waals surface area contributed by atoms with E-state index in [-0.39, 0.29) is 12.1 Å². The maximum atomic E-state index is 12.9. The zero-order chi connectivity index (χ0) is 15.6. The van der Waals surface area contributed by atoms with Gasteiger partial charge in [-0.2, -0.15) is 21.2 Å². The third-order valence-corrected chi connectivity index (χ3v) is 6.95. The average Bonchev–Trinajstić information content (AvgIpc) is 3.04. The van der Waals surface area contributed by atoms with E-state index in [0.717, 1.165) is 17.9 Å². The first-order chi connectivity index (χ1) is 9.84. The molecule has 0 bridgehead atoms. The molecule has 1 fully saturated rings. The van der Waals surface area contributed by atoms with E-state index < -0.39 is 10.0 Å². The number of nitrogens with one attached hydrogen (secondary N) is 2. The van der Waals surface area contributed by atoms with Gasteiger partial charge in [0.1, 0.15) is 4.90 Å². The molecule has 0 radical (unpaired) electrons. The first-order valence-electron chi connectivity index (χ1n) is 7.17. The molecule has 1 aromatic heterocycles. The van der Waals surface area contributed by atoms with Gasteiger partial charge in [-0.1, -0.05) is 13.8 Å². The fourth-order valence-corrected chi connectivity index (χ4v) is 5.45. The highest BCUT2D eigenvalue weighted by molar-refractivity contribution is 7.99. The largest absolute Gasteiger partial charge is 0.309 e. The lowest BCUT2D eigenvalue weighted by Gasteiger charge is -2.23. The highest BCUT2D eigenvalue weighted by atomic mass is 32.2. The van der Waals surface area contributed by atoms with E-state index in [1.165, 1.54) is 4.31 Å². The van der Waals surface area contributed by atoms with E-state index in [4.69, 9.17) is 0 Å². The standard InChI is InChI=1S/C13H24N4O2S2/c1-9(2)14-7-12-13(10(3)15-16-12)21(18,19)17(4)11-5-6-20-8-11/h9,11,14H,5-8H2,1-4H3,(H,15,16). The molecular formula is C13H24N4O2S2. The van der Waals surface area contributed by atoms with Gasteiger partial charge < -0.3 is 5.32 Å². The van der Waals surface area contributed by atoms with Crippen molar-refractivity contribution in [2.24, 2.45) is 0 Å². The van der Waals surface area contributed by atoms with E-state index in [9.17, 15) is 8.42 Å². The maximum Gasteiger partial charge on any atom is 0.246 e. The Morgan fingerprint density at radius 2 is 2.24 bits per heavy atom. The minimum Gasteiger partial charge on any atom is -0.309 e. The van der Waals surface area contributed by atoms with Crippen LogP contribution in [-0.2, 0) is 16.6 Å². The summed E-state index contributed by atoms with van der Waals surface area (Å²) in [6.45, 7) is 6.25. The van der Waals surface area contributed by atoms with Gasteiger partial charge >= 0.3 is 0 Å². The molecule has 6 nitrogen and oxygen atoms in total. The Balaban J connectivity index is 2.28. The monoisotopic (exact) mass is 332 g/mol. The van der Waals surface area contributed by atoms with Gasteiger partial charge in [0.2, 0.25) is 10.0 Å². The van der Waals surface area contributed by atoms with Gasteiger partial charge in [-0.05, 0) is 19.1 Å². The van der Waals surface area contributed by atoms with Gasteiger partial charge in [0.05, 0.1) is 11.4 Å². The maximum absolute atomic E-state index is 12.9. The molecule has 1 aliphatic heterocycles. The first-order valence-corrected chi connectivity index (χ1v) is 9.76. The molecule has 0 aromatic carbocycles. The molecule has 1 unspecified atom stereocenters. The SMILES string of the molecule is Cc1[nH]nc(CNC(C)C)c1S(=O)(=O)N(C)C1CCSC1. The molecule has 0 spiro atoms. The Bertz CT molecular complexity index is 577. The van der Waals surface area contributed by atoms with Crippen LogP contribution in [0, 0.1) is 6.92 Å². The quantitative estimate of drug-likeness (QED) is 0.822. The summed E-state index contributed by atoms with van der Waals surface area (Å²) < 4.78 is 27.3. The summed E-state index contributed by atoms with van der Waals surface area (Å²) in [7, 11) is -1.82. The van der Waals surface area contributed by atoms with Crippen LogP contribution in [-0.4, -0.2) is 53.6 Å². The van der Waals surface area contributed by atoms with E-state index in [0.29, 0.717) is 22.8 Å². The fourth-order valence-electron chi connectivity index (χ4n) is 2.38. The Labute approximate surface area is 131 Å². The molecule has 120 valence electrons. The summed E-state index contributed by atoms with van der Waals surface area (Å²) in [4.78, 5) is 0.329. The number of aromatic nitrogens is 2. The van der Waals surface area contributed by atoms with Crippen LogP contribution in [0.2, 0.25) is 0 Å². The van der Waals surface area contributed by atoms with Crippen LogP contribution < -0.4 is 5.32 Å². The van der Waals surface area contributed by atoms with Gasteiger partial charge in [0, 0.05) is 31.4 Å². The van der Waals surface area contributed by atoms with Crippen molar-refractivity contribution in [2.45, 2.75) is 50.7 Å². The van der Waals surface area contributed by atoms with Crippen molar-refractivity contribution in [2.75, 3.05) is 18.6 Å². The number of thioether (sulfide) groups is 1. The smallest absolute Gasteiger partial charge is 0.246 e. The third-order valence-electron chi connectivity index (χ3n) is 3.70.